The number of fused-ring (bicyclic) bond motifs is 1. The molecule has 0 bridgehead atoms. The van der Waals surface area contributed by atoms with Crippen molar-refractivity contribution in [1.29, 1.82) is 0 Å². The van der Waals surface area contributed by atoms with Crippen LogP contribution in [0.1, 0.15) is 0 Å². The molecule has 0 atom stereocenters. The van der Waals surface area contributed by atoms with Crippen LogP contribution in [0.15, 0.2) is 47.4 Å². The zero-order valence-electron chi connectivity index (χ0n) is 14.7. The number of ether oxygens (including phenoxy) is 1. The van der Waals surface area contributed by atoms with Crippen LogP contribution < -0.4 is 5.69 Å². The standard InChI is InChI=1S/C18H23N3O3S/c1-25(2,3)12-11-24-13-20-16-5-4-10-19-17(16)21(18(20)23)14-6-8-15(22)9-7-14/h4-10,22H,11-13H2,1-3H3. The van der Waals surface area contributed by atoms with Gasteiger partial charge in [0, 0.05) is 11.9 Å². The first-order valence-corrected chi connectivity index (χ1v) is 11.0. The molecule has 2 heterocycles. The van der Waals surface area contributed by atoms with Crippen molar-refractivity contribution in [2.75, 3.05) is 31.1 Å². The lowest BCUT2D eigenvalue weighted by molar-refractivity contribution is 0.0899. The normalized spacial score (nSPS) is 12.6. The van der Waals surface area contributed by atoms with E-state index in [0.29, 0.717) is 17.9 Å². The number of imidazole rings is 1. The number of hydrogen-bond acceptors (Lipinski definition) is 4. The van der Waals surface area contributed by atoms with E-state index in [4.69, 9.17) is 4.74 Å². The number of aromatic nitrogens is 3. The first-order chi connectivity index (χ1) is 11.9. The van der Waals surface area contributed by atoms with Crippen LogP contribution in [0.3, 0.4) is 0 Å². The third-order valence-electron chi connectivity index (χ3n) is 3.86. The smallest absolute Gasteiger partial charge is 0.336 e. The molecule has 0 aliphatic rings. The van der Waals surface area contributed by atoms with Crippen LogP contribution in [-0.4, -0.2) is 50.4 Å². The van der Waals surface area contributed by atoms with E-state index in [0.717, 1.165) is 11.3 Å². The Hall–Kier alpha value is -2.25. The molecule has 3 aromatic rings. The Labute approximate surface area is 148 Å². The molecule has 0 fully saturated rings. The van der Waals surface area contributed by atoms with Crippen LogP contribution in [-0.2, 0) is 11.5 Å². The minimum absolute atomic E-state index is 0.154. The predicted octanol–water partition coefficient (Wildman–Crippen LogP) is 2.56. The van der Waals surface area contributed by atoms with Crippen LogP contribution in [0.5, 0.6) is 5.75 Å². The fourth-order valence-electron chi connectivity index (χ4n) is 2.51. The Bertz CT molecular complexity index is 923. The second-order valence-corrected chi connectivity index (χ2v) is 11.3. The number of nitrogens with zero attached hydrogens (tertiary/aromatic N) is 3. The molecule has 7 heteroatoms. The van der Waals surface area contributed by atoms with E-state index < -0.39 is 10.0 Å². The minimum Gasteiger partial charge on any atom is -0.508 e. The maximum absolute atomic E-state index is 12.9. The number of rotatable bonds is 6. The zero-order chi connectivity index (χ0) is 18.0. The molecule has 0 aliphatic carbocycles. The summed E-state index contributed by atoms with van der Waals surface area (Å²) in [5.74, 6) is 1.15. The monoisotopic (exact) mass is 361 g/mol. The SMILES string of the molecule is CS(C)(C)CCOCn1c(=O)n(-c2ccc(O)cc2)c2ncccc21. The van der Waals surface area contributed by atoms with Gasteiger partial charge in [-0.15, -0.1) is 0 Å². The quantitative estimate of drug-likeness (QED) is 0.685. The van der Waals surface area contributed by atoms with Crippen LogP contribution in [0, 0.1) is 0 Å². The molecule has 1 N–H and O–H groups in total. The Balaban J connectivity index is 1.95. The van der Waals surface area contributed by atoms with Crippen molar-refractivity contribution in [1.82, 2.24) is 14.1 Å². The molecule has 0 saturated carbocycles. The highest BCUT2D eigenvalue weighted by Gasteiger charge is 2.15. The van der Waals surface area contributed by atoms with Crippen molar-refractivity contribution >= 4 is 21.2 Å². The van der Waals surface area contributed by atoms with Gasteiger partial charge in [-0.25, -0.2) is 24.4 Å². The molecular formula is C18H23N3O3S. The van der Waals surface area contributed by atoms with Gasteiger partial charge in [-0.2, -0.15) is 0 Å². The topological polar surface area (TPSA) is 69.3 Å². The van der Waals surface area contributed by atoms with E-state index in [1.54, 1.807) is 41.1 Å². The summed E-state index contributed by atoms with van der Waals surface area (Å²) in [5.41, 5.74) is 1.75. The van der Waals surface area contributed by atoms with Gasteiger partial charge in [0.2, 0.25) is 0 Å². The van der Waals surface area contributed by atoms with Crippen molar-refractivity contribution < 1.29 is 9.84 Å². The van der Waals surface area contributed by atoms with E-state index in [-0.39, 0.29) is 18.2 Å². The molecule has 3 rings (SSSR count). The number of hydrogen-bond donors (Lipinski definition) is 1. The summed E-state index contributed by atoms with van der Waals surface area (Å²) in [6.07, 6.45) is 8.38. The highest BCUT2D eigenvalue weighted by atomic mass is 32.3. The lowest BCUT2D eigenvalue weighted by atomic mass is 10.3. The molecule has 6 nitrogen and oxygen atoms in total. The van der Waals surface area contributed by atoms with Gasteiger partial charge in [-0.3, -0.25) is 4.57 Å². The van der Waals surface area contributed by atoms with Gasteiger partial charge in [-0.1, -0.05) is 0 Å². The van der Waals surface area contributed by atoms with Gasteiger partial charge in [0.05, 0.1) is 17.8 Å². The number of benzene rings is 1. The number of aromatic hydroxyl groups is 1. The van der Waals surface area contributed by atoms with Crippen molar-refractivity contribution in [2.45, 2.75) is 6.73 Å². The summed E-state index contributed by atoms with van der Waals surface area (Å²) in [6, 6.07) is 10.2. The zero-order valence-corrected chi connectivity index (χ0v) is 15.5. The number of phenolic OH excluding ortho intramolecular Hbond substituents is 1. The summed E-state index contributed by atoms with van der Waals surface area (Å²) in [7, 11) is -0.627. The van der Waals surface area contributed by atoms with Gasteiger partial charge in [0.15, 0.2) is 5.65 Å². The average molecular weight is 361 g/mol. The van der Waals surface area contributed by atoms with Gasteiger partial charge in [0.25, 0.3) is 0 Å². The van der Waals surface area contributed by atoms with Crippen LogP contribution >= 0.6 is 10.0 Å². The molecule has 1 aromatic carbocycles. The van der Waals surface area contributed by atoms with Gasteiger partial charge in [0.1, 0.15) is 12.5 Å². The minimum atomic E-state index is -0.627. The molecule has 0 saturated heterocycles. The van der Waals surface area contributed by atoms with Crippen LogP contribution in [0.2, 0.25) is 0 Å². The molecule has 2 aromatic heterocycles. The third kappa shape index (κ3) is 3.88. The fraction of sp³-hybridized carbons (Fsp3) is 0.333. The summed E-state index contributed by atoms with van der Waals surface area (Å²) < 4.78 is 8.88. The van der Waals surface area contributed by atoms with E-state index in [9.17, 15) is 9.90 Å². The first-order valence-electron chi connectivity index (χ1n) is 7.96. The molecule has 25 heavy (non-hydrogen) atoms. The van der Waals surface area contributed by atoms with Gasteiger partial charge >= 0.3 is 5.69 Å². The van der Waals surface area contributed by atoms with Crippen molar-refractivity contribution in [3.05, 3.63) is 53.1 Å². The van der Waals surface area contributed by atoms with Gasteiger partial charge in [-0.05, 0) is 55.2 Å². The first kappa shape index (κ1) is 17.6. The molecule has 0 amide bonds. The molecule has 0 aliphatic heterocycles. The fourth-order valence-corrected chi connectivity index (χ4v) is 3.13. The lowest BCUT2D eigenvalue weighted by Gasteiger charge is -2.24. The van der Waals surface area contributed by atoms with Crippen molar-refractivity contribution in [2.24, 2.45) is 0 Å². The predicted molar refractivity (Wildman–Crippen MR) is 103 cm³/mol. The van der Waals surface area contributed by atoms with Crippen molar-refractivity contribution in [3.8, 4) is 11.4 Å². The molecular weight excluding hydrogens is 338 g/mol. The number of pyridine rings is 1. The lowest BCUT2D eigenvalue weighted by Crippen LogP contribution is -2.25. The average Bonchev–Trinajstić information content (AvgIpc) is 2.84. The Morgan fingerprint density at radius 3 is 2.56 bits per heavy atom. The molecule has 0 radical (unpaired) electrons. The van der Waals surface area contributed by atoms with Crippen LogP contribution in [0.4, 0.5) is 0 Å². The summed E-state index contributed by atoms with van der Waals surface area (Å²) >= 11 is 0. The van der Waals surface area contributed by atoms with Crippen molar-refractivity contribution in [3.63, 3.8) is 0 Å². The van der Waals surface area contributed by atoms with E-state index in [1.807, 2.05) is 6.07 Å². The van der Waals surface area contributed by atoms with E-state index in [2.05, 4.69) is 23.8 Å². The Morgan fingerprint density at radius 1 is 1.16 bits per heavy atom. The summed E-state index contributed by atoms with van der Waals surface area (Å²) in [5, 5.41) is 9.47. The largest absolute Gasteiger partial charge is 0.508 e. The summed E-state index contributed by atoms with van der Waals surface area (Å²) in [4.78, 5) is 17.3. The third-order valence-corrected chi connectivity index (χ3v) is 5.25. The maximum atomic E-state index is 12.9. The molecule has 134 valence electrons. The molecule has 0 spiro atoms. The molecule has 0 unspecified atom stereocenters. The van der Waals surface area contributed by atoms with E-state index in [1.165, 1.54) is 4.57 Å². The highest BCUT2D eigenvalue weighted by molar-refractivity contribution is 8.32. The second kappa shape index (κ2) is 6.93. The number of phenols is 1. The Kier molecular flexibility index (Phi) is 4.87. The highest BCUT2D eigenvalue weighted by Crippen LogP contribution is 2.33. The van der Waals surface area contributed by atoms with Crippen LogP contribution in [0.25, 0.3) is 16.9 Å². The summed E-state index contributed by atoms with van der Waals surface area (Å²) in [6.45, 7) is 0.819. The van der Waals surface area contributed by atoms with Gasteiger partial charge < -0.3 is 9.84 Å². The van der Waals surface area contributed by atoms with E-state index >= 15 is 0 Å². The Morgan fingerprint density at radius 2 is 1.88 bits per heavy atom. The maximum Gasteiger partial charge on any atom is 0.336 e. The second-order valence-electron chi connectivity index (χ2n) is 6.74.